The number of carbonyl (C=O) groups excluding carboxylic acids is 2. The van der Waals surface area contributed by atoms with Gasteiger partial charge >= 0.3 is 5.97 Å². The molecule has 0 spiro atoms. The molecule has 0 heterocycles. The lowest BCUT2D eigenvalue weighted by Gasteiger charge is -2.04. The smallest absolute Gasteiger partial charge is 0.306 e. The number of hydrogen-bond acceptors (Lipinski definition) is 3. The van der Waals surface area contributed by atoms with Crippen molar-refractivity contribution >= 4 is 11.8 Å². The van der Waals surface area contributed by atoms with Crippen molar-refractivity contribution in [2.45, 2.75) is 52.9 Å². The molecule has 0 aliphatic rings. The lowest BCUT2D eigenvalue weighted by atomic mass is 10.0. The molecule has 0 unspecified atom stereocenters. The maximum atomic E-state index is 11.3. The van der Waals surface area contributed by atoms with Gasteiger partial charge in [0.1, 0.15) is 5.78 Å². The fourth-order valence-electron chi connectivity index (χ4n) is 1.20. The molecule has 0 radical (unpaired) electrons. The predicted octanol–water partition coefficient (Wildman–Crippen LogP) is 2.73. The summed E-state index contributed by atoms with van der Waals surface area (Å²) < 4.78 is 4.95. The van der Waals surface area contributed by atoms with Crippen molar-refractivity contribution in [3.8, 4) is 0 Å². The summed E-state index contributed by atoms with van der Waals surface area (Å²) in [6.45, 7) is 6.52. The van der Waals surface area contributed by atoms with Crippen LogP contribution >= 0.6 is 0 Å². The number of ketones is 1. The number of unbranched alkanes of at least 4 members (excludes halogenated alkanes) is 1. The van der Waals surface area contributed by atoms with Gasteiger partial charge in [0.05, 0.1) is 13.0 Å². The van der Waals surface area contributed by atoms with Crippen LogP contribution in [0.3, 0.4) is 0 Å². The summed E-state index contributed by atoms with van der Waals surface area (Å²) >= 11 is 0. The lowest BCUT2D eigenvalue weighted by molar-refractivity contribution is -0.145. The monoisotopic (exact) mass is 214 g/mol. The van der Waals surface area contributed by atoms with Gasteiger partial charge in [0.25, 0.3) is 0 Å². The average molecular weight is 214 g/mol. The first-order chi connectivity index (χ1) is 7.06. The third-order valence-electron chi connectivity index (χ3n) is 2.00. The standard InChI is InChI=1S/C12H22O3/c1-4-5-8-15-12(14)7-6-11(13)9-10(2)3/h10H,4-9H2,1-3H3. The molecule has 0 aromatic heterocycles. The molecular formula is C12H22O3. The molecule has 3 heteroatoms. The van der Waals surface area contributed by atoms with Gasteiger partial charge in [-0.15, -0.1) is 0 Å². The Labute approximate surface area is 92.2 Å². The van der Waals surface area contributed by atoms with Crippen LogP contribution in [0.5, 0.6) is 0 Å². The van der Waals surface area contributed by atoms with Crippen molar-refractivity contribution < 1.29 is 14.3 Å². The van der Waals surface area contributed by atoms with Gasteiger partial charge < -0.3 is 4.74 Å². The highest BCUT2D eigenvalue weighted by Crippen LogP contribution is 2.05. The van der Waals surface area contributed by atoms with Crippen molar-refractivity contribution in [3.63, 3.8) is 0 Å². The Bertz CT molecular complexity index is 197. The van der Waals surface area contributed by atoms with Crippen LogP contribution in [0.1, 0.15) is 52.9 Å². The number of hydrogen-bond donors (Lipinski definition) is 0. The summed E-state index contributed by atoms with van der Waals surface area (Å²) in [5.74, 6) is 0.270. The van der Waals surface area contributed by atoms with Crippen LogP contribution in [-0.4, -0.2) is 18.4 Å². The van der Waals surface area contributed by atoms with E-state index in [9.17, 15) is 9.59 Å². The van der Waals surface area contributed by atoms with E-state index in [1.54, 1.807) is 0 Å². The van der Waals surface area contributed by atoms with Gasteiger partial charge in [0, 0.05) is 12.8 Å². The fourth-order valence-corrected chi connectivity index (χ4v) is 1.20. The quantitative estimate of drug-likeness (QED) is 0.461. The van der Waals surface area contributed by atoms with Gasteiger partial charge in [0.2, 0.25) is 0 Å². The van der Waals surface area contributed by atoms with E-state index in [2.05, 4.69) is 0 Å². The zero-order chi connectivity index (χ0) is 11.7. The highest BCUT2D eigenvalue weighted by Gasteiger charge is 2.09. The highest BCUT2D eigenvalue weighted by atomic mass is 16.5. The molecule has 0 N–H and O–H groups in total. The maximum Gasteiger partial charge on any atom is 0.306 e. The van der Waals surface area contributed by atoms with Gasteiger partial charge in [0.15, 0.2) is 0 Å². The van der Waals surface area contributed by atoms with Gasteiger partial charge in [-0.25, -0.2) is 0 Å². The number of Topliss-reactive ketones (excluding diaryl/α,β-unsaturated/α-hetero) is 1. The molecule has 0 amide bonds. The lowest BCUT2D eigenvalue weighted by Crippen LogP contribution is -2.10. The number of rotatable bonds is 8. The number of ether oxygens (including phenoxy) is 1. The van der Waals surface area contributed by atoms with E-state index in [1.807, 2.05) is 20.8 Å². The molecule has 0 rings (SSSR count). The van der Waals surface area contributed by atoms with E-state index >= 15 is 0 Å². The second kappa shape index (κ2) is 8.45. The van der Waals surface area contributed by atoms with Gasteiger partial charge in [-0.2, -0.15) is 0 Å². The van der Waals surface area contributed by atoms with Crippen LogP contribution in [0, 0.1) is 5.92 Å². The molecule has 0 saturated carbocycles. The van der Waals surface area contributed by atoms with E-state index in [4.69, 9.17) is 4.74 Å². The minimum Gasteiger partial charge on any atom is -0.466 e. The summed E-state index contributed by atoms with van der Waals surface area (Å²) in [6, 6.07) is 0. The largest absolute Gasteiger partial charge is 0.466 e. The molecule has 3 nitrogen and oxygen atoms in total. The average Bonchev–Trinajstić information content (AvgIpc) is 2.14. The zero-order valence-electron chi connectivity index (χ0n) is 10.0. The normalized spacial score (nSPS) is 10.4. The molecule has 0 aromatic rings. The molecule has 0 aliphatic carbocycles. The predicted molar refractivity (Wildman–Crippen MR) is 59.6 cm³/mol. The molecular weight excluding hydrogens is 192 g/mol. The Hall–Kier alpha value is -0.860. The second-order valence-electron chi connectivity index (χ2n) is 4.21. The minimum absolute atomic E-state index is 0.150. The van der Waals surface area contributed by atoms with Crippen LogP contribution in [0.2, 0.25) is 0 Å². The van der Waals surface area contributed by atoms with Crippen LogP contribution in [-0.2, 0) is 14.3 Å². The van der Waals surface area contributed by atoms with E-state index < -0.39 is 0 Å². The van der Waals surface area contributed by atoms with Gasteiger partial charge in [-0.05, 0) is 12.3 Å². The molecule has 0 bridgehead atoms. The maximum absolute atomic E-state index is 11.3. The molecule has 0 atom stereocenters. The van der Waals surface area contributed by atoms with Crippen molar-refractivity contribution in [2.24, 2.45) is 5.92 Å². The van der Waals surface area contributed by atoms with Crippen LogP contribution in [0.4, 0.5) is 0 Å². The van der Waals surface area contributed by atoms with E-state index in [-0.39, 0.29) is 18.2 Å². The van der Waals surface area contributed by atoms with E-state index in [0.29, 0.717) is 25.4 Å². The topological polar surface area (TPSA) is 43.4 Å². The van der Waals surface area contributed by atoms with Crippen molar-refractivity contribution in [2.75, 3.05) is 6.61 Å². The summed E-state index contributed by atoms with van der Waals surface area (Å²) in [7, 11) is 0. The Balaban J connectivity index is 3.49. The fraction of sp³-hybridized carbons (Fsp3) is 0.833. The van der Waals surface area contributed by atoms with Crippen molar-refractivity contribution in [3.05, 3.63) is 0 Å². The molecule has 0 aromatic carbocycles. The highest BCUT2D eigenvalue weighted by molar-refractivity contribution is 5.82. The zero-order valence-corrected chi connectivity index (χ0v) is 10.0. The molecule has 88 valence electrons. The summed E-state index contributed by atoms with van der Waals surface area (Å²) in [6.07, 6.45) is 3.02. The van der Waals surface area contributed by atoms with Crippen LogP contribution < -0.4 is 0 Å². The van der Waals surface area contributed by atoms with Crippen molar-refractivity contribution in [1.29, 1.82) is 0 Å². The number of esters is 1. The molecule has 0 aliphatic heterocycles. The summed E-state index contributed by atoms with van der Waals surface area (Å²) in [5.41, 5.74) is 0. The minimum atomic E-state index is -0.249. The molecule has 0 fully saturated rings. The first kappa shape index (κ1) is 14.1. The first-order valence-electron chi connectivity index (χ1n) is 5.73. The summed E-state index contributed by atoms with van der Waals surface area (Å²) in [4.78, 5) is 22.4. The Morgan fingerprint density at radius 1 is 1.20 bits per heavy atom. The Morgan fingerprint density at radius 2 is 1.87 bits per heavy atom. The van der Waals surface area contributed by atoms with E-state index in [0.717, 1.165) is 12.8 Å². The third-order valence-corrected chi connectivity index (χ3v) is 2.00. The van der Waals surface area contributed by atoms with Gasteiger partial charge in [-0.1, -0.05) is 27.2 Å². The SMILES string of the molecule is CCCCOC(=O)CCC(=O)CC(C)C. The van der Waals surface area contributed by atoms with Gasteiger partial charge in [-0.3, -0.25) is 9.59 Å². The van der Waals surface area contributed by atoms with E-state index in [1.165, 1.54) is 0 Å². The Morgan fingerprint density at radius 3 is 2.40 bits per heavy atom. The third kappa shape index (κ3) is 9.44. The molecule has 15 heavy (non-hydrogen) atoms. The molecule has 0 saturated heterocycles. The number of carbonyl (C=O) groups is 2. The second-order valence-corrected chi connectivity index (χ2v) is 4.21. The Kier molecular flexibility index (Phi) is 7.96. The van der Waals surface area contributed by atoms with Crippen molar-refractivity contribution in [1.82, 2.24) is 0 Å². The van der Waals surface area contributed by atoms with Crippen LogP contribution in [0.25, 0.3) is 0 Å². The summed E-state index contributed by atoms with van der Waals surface area (Å²) in [5, 5.41) is 0. The first-order valence-corrected chi connectivity index (χ1v) is 5.73. The van der Waals surface area contributed by atoms with Crippen LogP contribution in [0.15, 0.2) is 0 Å².